The minimum Gasteiger partial charge on any atom is -0.435 e. The first-order valence-corrected chi connectivity index (χ1v) is 14.2. The molecule has 0 aliphatic heterocycles. The van der Waals surface area contributed by atoms with E-state index in [-0.39, 0.29) is 11.6 Å². The Morgan fingerprint density at radius 1 is 1.06 bits per heavy atom. The topological polar surface area (TPSA) is 75.2 Å². The average Bonchev–Trinajstić information content (AvgIpc) is 3.13. The summed E-state index contributed by atoms with van der Waals surface area (Å²) in [7, 11) is -1.18. The van der Waals surface area contributed by atoms with Crippen molar-refractivity contribution in [1.82, 2.24) is 14.5 Å². The first-order chi connectivity index (χ1) is 15.3. The predicted molar refractivity (Wildman–Crippen MR) is 128 cm³/mol. The Labute approximate surface area is 187 Å². The van der Waals surface area contributed by atoms with E-state index in [0.29, 0.717) is 30.1 Å². The molecule has 4 aromatic rings. The van der Waals surface area contributed by atoms with Gasteiger partial charge in [0.15, 0.2) is 11.6 Å². The third kappa shape index (κ3) is 4.98. The molecule has 0 bridgehead atoms. The van der Waals surface area contributed by atoms with Crippen molar-refractivity contribution in [3.05, 3.63) is 66.9 Å². The lowest BCUT2D eigenvalue weighted by molar-refractivity contribution is 0.0899. The Bertz CT molecular complexity index is 1220. The van der Waals surface area contributed by atoms with E-state index in [4.69, 9.17) is 15.2 Å². The van der Waals surface area contributed by atoms with E-state index < -0.39 is 13.9 Å². The molecule has 0 amide bonds. The van der Waals surface area contributed by atoms with Gasteiger partial charge in [-0.25, -0.2) is 14.4 Å². The van der Waals surface area contributed by atoms with Crippen molar-refractivity contribution < 1.29 is 13.9 Å². The summed E-state index contributed by atoms with van der Waals surface area (Å²) in [5.74, 6) is -0.220. The number of hydrogen-bond acceptors (Lipinski definition) is 5. The standard InChI is InChI=1S/C24H27FN4O2Si/c1-32(2,3)12-11-30-16-29-14-19(17-7-5-4-6-8-17)22-23(29)27-15-28-24(22)31-21-10-9-18(26)13-20(21)25/h4-10,13-15H,11-12,16,26H2,1-3H3. The van der Waals surface area contributed by atoms with Gasteiger partial charge in [-0.05, 0) is 23.7 Å². The summed E-state index contributed by atoms with van der Waals surface area (Å²) in [6.45, 7) is 8.02. The molecule has 32 heavy (non-hydrogen) atoms. The number of nitrogens with two attached hydrogens (primary N) is 1. The second kappa shape index (κ2) is 9.10. The van der Waals surface area contributed by atoms with Crippen molar-refractivity contribution in [3.8, 4) is 22.8 Å². The highest BCUT2D eigenvalue weighted by Crippen LogP contribution is 2.37. The molecule has 0 aliphatic carbocycles. The van der Waals surface area contributed by atoms with Gasteiger partial charge in [0.25, 0.3) is 0 Å². The highest BCUT2D eigenvalue weighted by Gasteiger charge is 2.19. The first-order valence-electron chi connectivity index (χ1n) is 10.5. The van der Waals surface area contributed by atoms with Crippen LogP contribution in [0.4, 0.5) is 10.1 Å². The fourth-order valence-corrected chi connectivity index (χ4v) is 4.11. The number of aromatic nitrogens is 3. The quantitative estimate of drug-likeness (QED) is 0.205. The van der Waals surface area contributed by atoms with Crippen LogP contribution in [0.15, 0.2) is 61.1 Å². The molecule has 0 saturated carbocycles. The number of fused-ring (bicyclic) bond motifs is 1. The third-order valence-corrected chi connectivity index (χ3v) is 6.80. The lowest BCUT2D eigenvalue weighted by Crippen LogP contribution is -2.22. The first kappa shape index (κ1) is 22.0. The maximum atomic E-state index is 14.4. The summed E-state index contributed by atoms with van der Waals surface area (Å²) < 4.78 is 28.2. The molecule has 0 aliphatic rings. The molecule has 2 heterocycles. The zero-order valence-corrected chi connectivity index (χ0v) is 19.5. The fraction of sp³-hybridized carbons (Fsp3) is 0.250. The molecule has 8 heteroatoms. The molecule has 0 radical (unpaired) electrons. The summed E-state index contributed by atoms with van der Waals surface area (Å²) in [4.78, 5) is 8.79. The number of benzene rings is 2. The lowest BCUT2D eigenvalue weighted by atomic mass is 10.1. The molecule has 0 atom stereocenters. The molecular formula is C24H27FN4O2Si. The highest BCUT2D eigenvalue weighted by atomic mass is 28.3. The van der Waals surface area contributed by atoms with E-state index in [1.807, 2.05) is 41.1 Å². The second-order valence-electron chi connectivity index (χ2n) is 8.90. The lowest BCUT2D eigenvalue weighted by Gasteiger charge is -2.15. The molecule has 0 spiro atoms. The maximum Gasteiger partial charge on any atom is 0.232 e. The van der Waals surface area contributed by atoms with Gasteiger partial charge in [-0.3, -0.25) is 0 Å². The maximum absolute atomic E-state index is 14.4. The predicted octanol–water partition coefficient (Wildman–Crippen LogP) is 5.92. The smallest absolute Gasteiger partial charge is 0.232 e. The van der Waals surface area contributed by atoms with Crippen LogP contribution in [-0.4, -0.2) is 29.2 Å². The van der Waals surface area contributed by atoms with Crippen molar-refractivity contribution in [2.75, 3.05) is 12.3 Å². The van der Waals surface area contributed by atoms with Crippen molar-refractivity contribution >= 4 is 24.8 Å². The number of nitrogen functional groups attached to an aromatic ring is 1. The molecule has 0 fully saturated rings. The van der Waals surface area contributed by atoms with Crippen LogP contribution in [0.3, 0.4) is 0 Å². The third-order valence-electron chi connectivity index (χ3n) is 5.09. The van der Waals surface area contributed by atoms with Crippen molar-refractivity contribution in [2.24, 2.45) is 0 Å². The van der Waals surface area contributed by atoms with Crippen molar-refractivity contribution in [1.29, 1.82) is 0 Å². The molecule has 6 nitrogen and oxygen atoms in total. The van der Waals surface area contributed by atoms with Gasteiger partial charge in [0.1, 0.15) is 18.7 Å². The Morgan fingerprint density at radius 3 is 2.56 bits per heavy atom. The van der Waals surface area contributed by atoms with Gasteiger partial charge in [0.2, 0.25) is 5.88 Å². The van der Waals surface area contributed by atoms with E-state index in [1.54, 1.807) is 6.07 Å². The van der Waals surface area contributed by atoms with Gasteiger partial charge in [-0.15, -0.1) is 0 Å². The van der Waals surface area contributed by atoms with Crippen molar-refractivity contribution in [2.45, 2.75) is 32.4 Å². The Hall–Kier alpha value is -3.23. The number of hydrogen-bond donors (Lipinski definition) is 1. The average molecular weight is 451 g/mol. The largest absolute Gasteiger partial charge is 0.435 e. The van der Waals surface area contributed by atoms with Gasteiger partial charge in [-0.2, -0.15) is 0 Å². The number of halogens is 1. The van der Waals surface area contributed by atoms with Crippen LogP contribution < -0.4 is 10.5 Å². The van der Waals surface area contributed by atoms with Crippen LogP contribution in [-0.2, 0) is 11.5 Å². The van der Waals surface area contributed by atoms with Crippen molar-refractivity contribution in [3.63, 3.8) is 0 Å². The minimum absolute atomic E-state index is 0.0531. The Morgan fingerprint density at radius 2 is 1.84 bits per heavy atom. The van der Waals surface area contributed by atoms with E-state index in [1.165, 1.54) is 18.5 Å². The number of rotatable bonds is 8. The monoisotopic (exact) mass is 450 g/mol. The highest BCUT2D eigenvalue weighted by molar-refractivity contribution is 6.76. The summed E-state index contributed by atoms with van der Waals surface area (Å²) in [5, 5.41) is 0.698. The van der Waals surface area contributed by atoms with E-state index in [2.05, 4.69) is 29.6 Å². The van der Waals surface area contributed by atoms with Crippen LogP contribution >= 0.6 is 0 Å². The van der Waals surface area contributed by atoms with E-state index in [9.17, 15) is 4.39 Å². The van der Waals surface area contributed by atoms with Gasteiger partial charge < -0.3 is 19.8 Å². The summed E-state index contributed by atoms with van der Waals surface area (Å²) in [5.41, 5.74) is 8.53. The van der Waals surface area contributed by atoms with Gasteiger partial charge in [-0.1, -0.05) is 50.0 Å². The Kier molecular flexibility index (Phi) is 6.25. The summed E-state index contributed by atoms with van der Waals surface area (Å²) in [6, 6.07) is 15.3. The SMILES string of the molecule is C[Si](C)(C)CCOCn1cc(-c2ccccc2)c2c(Oc3ccc(N)cc3F)ncnc21. The zero-order valence-electron chi connectivity index (χ0n) is 18.5. The Balaban J connectivity index is 1.74. The van der Waals surface area contributed by atoms with Crippen LogP contribution in [0.1, 0.15) is 0 Å². The fourth-order valence-electron chi connectivity index (χ4n) is 3.35. The molecule has 166 valence electrons. The van der Waals surface area contributed by atoms with Gasteiger partial charge in [0.05, 0.1) is 5.39 Å². The van der Waals surface area contributed by atoms with Crippen LogP contribution in [0.25, 0.3) is 22.2 Å². The number of ether oxygens (including phenoxy) is 2. The number of nitrogens with zero attached hydrogens (tertiary/aromatic N) is 3. The minimum atomic E-state index is -1.18. The second-order valence-corrected chi connectivity index (χ2v) is 14.5. The molecule has 2 aromatic heterocycles. The van der Waals surface area contributed by atoms with E-state index >= 15 is 0 Å². The van der Waals surface area contributed by atoms with Crippen LogP contribution in [0, 0.1) is 5.82 Å². The molecule has 0 saturated heterocycles. The molecular weight excluding hydrogens is 423 g/mol. The molecule has 4 rings (SSSR count). The molecule has 2 aromatic carbocycles. The van der Waals surface area contributed by atoms with Gasteiger partial charge >= 0.3 is 0 Å². The van der Waals surface area contributed by atoms with Gasteiger partial charge in [0, 0.05) is 38.2 Å². The summed E-state index contributed by atoms with van der Waals surface area (Å²) >= 11 is 0. The van der Waals surface area contributed by atoms with E-state index in [0.717, 1.165) is 17.2 Å². The summed E-state index contributed by atoms with van der Waals surface area (Å²) in [6.07, 6.45) is 3.40. The normalized spacial score (nSPS) is 11.8. The molecule has 0 unspecified atom stereocenters. The van der Waals surface area contributed by atoms with Crippen LogP contribution in [0.2, 0.25) is 25.7 Å². The zero-order chi connectivity index (χ0) is 22.7. The molecule has 2 N–H and O–H groups in total. The number of anilines is 1. The van der Waals surface area contributed by atoms with Crippen LogP contribution in [0.5, 0.6) is 11.6 Å².